The van der Waals surface area contributed by atoms with Crippen LogP contribution in [0.4, 0.5) is 5.82 Å². The van der Waals surface area contributed by atoms with Crippen LogP contribution in [-0.4, -0.2) is 51.4 Å². The zero-order valence-electron chi connectivity index (χ0n) is 16.5. The highest BCUT2D eigenvalue weighted by Gasteiger charge is 2.23. The number of hydrogen-bond acceptors (Lipinski definition) is 8. The predicted molar refractivity (Wildman–Crippen MR) is 112 cm³/mol. The molecule has 1 aliphatic heterocycles. The molecule has 1 unspecified atom stereocenters. The van der Waals surface area contributed by atoms with Gasteiger partial charge in [0.25, 0.3) is 0 Å². The van der Waals surface area contributed by atoms with Crippen molar-refractivity contribution in [3.8, 4) is 11.5 Å². The highest BCUT2D eigenvalue weighted by molar-refractivity contribution is 5.90. The standard InChI is InChI=1S/C21H22N6O3/c1-30-18(29)7-6-17(28)15-10-12(8-9-23-15)16-11-24-20(22)19(25-16)21-26-13-4-2-3-5-14(13)27-21/h2-5,10-11,15,23H,6-9H2,1H3,(H2,22,24)(H,26,27). The number of H-pyrrole nitrogens is 1. The molecule has 0 spiro atoms. The molecule has 0 radical (unpaired) electrons. The molecule has 30 heavy (non-hydrogen) atoms. The third kappa shape index (κ3) is 4.06. The molecule has 0 fully saturated rings. The monoisotopic (exact) mass is 406 g/mol. The van der Waals surface area contributed by atoms with E-state index in [0.29, 0.717) is 30.2 Å². The topological polar surface area (TPSA) is 136 Å². The minimum Gasteiger partial charge on any atom is -0.469 e. The summed E-state index contributed by atoms with van der Waals surface area (Å²) < 4.78 is 4.60. The van der Waals surface area contributed by atoms with Crippen molar-refractivity contribution in [1.82, 2.24) is 25.3 Å². The maximum atomic E-state index is 12.5. The summed E-state index contributed by atoms with van der Waals surface area (Å²) in [4.78, 5) is 40.5. The fourth-order valence-electron chi connectivity index (χ4n) is 3.40. The Kier molecular flexibility index (Phi) is 5.53. The van der Waals surface area contributed by atoms with Gasteiger partial charge in [-0.1, -0.05) is 18.2 Å². The molecule has 0 aliphatic carbocycles. The van der Waals surface area contributed by atoms with E-state index in [2.05, 4.69) is 30.0 Å². The number of hydrogen-bond donors (Lipinski definition) is 3. The number of nitrogens with two attached hydrogens (primary N) is 1. The second-order valence-electron chi connectivity index (χ2n) is 7.01. The molecule has 9 nitrogen and oxygen atoms in total. The number of anilines is 1. The van der Waals surface area contributed by atoms with Gasteiger partial charge in [0.15, 0.2) is 17.4 Å². The summed E-state index contributed by atoms with van der Waals surface area (Å²) in [6, 6.07) is 7.19. The van der Waals surface area contributed by atoms with Crippen molar-refractivity contribution in [3.05, 3.63) is 42.2 Å². The van der Waals surface area contributed by atoms with Gasteiger partial charge < -0.3 is 20.8 Å². The number of rotatable bonds is 6. The Labute approximate surface area is 172 Å². The Balaban J connectivity index is 1.60. The largest absolute Gasteiger partial charge is 0.469 e. The lowest BCUT2D eigenvalue weighted by Gasteiger charge is -2.21. The molecule has 3 heterocycles. The molecule has 3 aromatic rings. The second-order valence-corrected chi connectivity index (χ2v) is 7.01. The maximum Gasteiger partial charge on any atom is 0.305 e. The average Bonchev–Trinajstić information content (AvgIpc) is 3.21. The zero-order valence-corrected chi connectivity index (χ0v) is 16.5. The first-order valence-electron chi connectivity index (χ1n) is 9.67. The lowest BCUT2D eigenvalue weighted by molar-refractivity contribution is -0.142. The quantitative estimate of drug-likeness (QED) is 0.528. The molecule has 154 valence electrons. The zero-order chi connectivity index (χ0) is 21.1. The van der Waals surface area contributed by atoms with E-state index >= 15 is 0 Å². The smallest absolute Gasteiger partial charge is 0.305 e. The molecule has 0 bridgehead atoms. The predicted octanol–water partition coefficient (Wildman–Crippen LogP) is 1.87. The van der Waals surface area contributed by atoms with Crippen LogP contribution >= 0.6 is 0 Å². The first kappa shape index (κ1) is 19.7. The number of benzene rings is 1. The van der Waals surface area contributed by atoms with Gasteiger partial charge in [0.1, 0.15) is 5.69 Å². The average molecular weight is 406 g/mol. The van der Waals surface area contributed by atoms with Gasteiger partial charge >= 0.3 is 5.97 Å². The Morgan fingerprint density at radius 1 is 1.23 bits per heavy atom. The summed E-state index contributed by atoms with van der Waals surface area (Å²) >= 11 is 0. The van der Waals surface area contributed by atoms with Gasteiger partial charge in [-0.15, -0.1) is 0 Å². The molecule has 1 aliphatic rings. The molecule has 9 heteroatoms. The second kappa shape index (κ2) is 8.42. The number of ketones is 1. The number of Topliss-reactive ketones (excluding diaryl/α,β-unsaturated/α-hetero) is 1. The molecular formula is C21H22N6O3. The van der Waals surface area contributed by atoms with Crippen LogP contribution < -0.4 is 11.1 Å². The number of para-hydroxylation sites is 2. The number of carbonyl (C=O) groups is 2. The Morgan fingerprint density at radius 2 is 2.07 bits per heavy atom. The van der Waals surface area contributed by atoms with E-state index in [1.54, 1.807) is 6.20 Å². The summed E-state index contributed by atoms with van der Waals surface area (Å²) in [5.74, 6) is 0.350. The summed E-state index contributed by atoms with van der Waals surface area (Å²) in [6.45, 7) is 0.618. The molecule has 1 atom stereocenters. The number of esters is 1. The Morgan fingerprint density at radius 3 is 2.87 bits per heavy atom. The lowest BCUT2D eigenvalue weighted by atomic mass is 9.97. The number of methoxy groups -OCH3 is 1. The van der Waals surface area contributed by atoms with Crippen LogP contribution in [0.2, 0.25) is 0 Å². The van der Waals surface area contributed by atoms with Crippen molar-refractivity contribution >= 4 is 34.2 Å². The fourth-order valence-corrected chi connectivity index (χ4v) is 3.40. The fraction of sp³-hybridized carbons (Fsp3) is 0.286. The van der Waals surface area contributed by atoms with Crippen molar-refractivity contribution in [2.24, 2.45) is 0 Å². The number of nitrogen functional groups attached to an aromatic ring is 1. The normalized spacial score (nSPS) is 16.3. The minimum atomic E-state index is -0.479. The summed E-state index contributed by atoms with van der Waals surface area (Å²) in [5.41, 5.74) is 9.78. The van der Waals surface area contributed by atoms with Crippen LogP contribution in [0.3, 0.4) is 0 Å². The van der Waals surface area contributed by atoms with Crippen molar-refractivity contribution in [2.75, 3.05) is 19.4 Å². The van der Waals surface area contributed by atoms with E-state index in [0.717, 1.165) is 16.6 Å². The lowest BCUT2D eigenvalue weighted by Crippen LogP contribution is -2.38. The number of ether oxygens (including phenoxy) is 1. The van der Waals surface area contributed by atoms with Crippen molar-refractivity contribution < 1.29 is 14.3 Å². The SMILES string of the molecule is COC(=O)CCC(=O)C1C=C(c2cnc(N)c(-c3nc4ccccc4[nH]3)n2)CCN1. The Bertz CT molecular complexity index is 1100. The van der Waals surface area contributed by atoms with E-state index in [1.807, 2.05) is 30.3 Å². The molecule has 0 saturated carbocycles. The number of carbonyl (C=O) groups excluding carboxylic acids is 2. The number of fused-ring (bicyclic) bond motifs is 1. The number of nitrogens with one attached hydrogen (secondary N) is 2. The van der Waals surface area contributed by atoms with Gasteiger partial charge in [0, 0.05) is 13.0 Å². The van der Waals surface area contributed by atoms with Crippen LogP contribution in [0.15, 0.2) is 36.5 Å². The molecule has 4 N–H and O–H groups in total. The van der Waals surface area contributed by atoms with E-state index in [-0.39, 0.29) is 24.4 Å². The highest BCUT2D eigenvalue weighted by Crippen LogP contribution is 2.26. The molecule has 4 rings (SSSR count). The molecule has 0 amide bonds. The van der Waals surface area contributed by atoms with E-state index in [1.165, 1.54) is 7.11 Å². The Hall–Kier alpha value is -3.59. The number of aromatic nitrogens is 4. The van der Waals surface area contributed by atoms with Gasteiger partial charge in [-0.2, -0.15) is 0 Å². The van der Waals surface area contributed by atoms with Crippen molar-refractivity contribution in [3.63, 3.8) is 0 Å². The van der Waals surface area contributed by atoms with Gasteiger partial charge in [0.2, 0.25) is 0 Å². The summed E-state index contributed by atoms with van der Waals surface area (Å²) in [5, 5.41) is 3.17. The molecule has 2 aromatic heterocycles. The van der Waals surface area contributed by atoms with Crippen molar-refractivity contribution in [1.29, 1.82) is 0 Å². The number of imidazole rings is 1. The molecule has 0 saturated heterocycles. The van der Waals surface area contributed by atoms with Crippen LogP contribution in [0, 0.1) is 0 Å². The number of nitrogens with zero attached hydrogens (tertiary/aromatic N) is 3. The van der Waals surface area contributed by atoms with Gasteiger partial charge in [-0.25, -0.2) is 15.0 Å². The first-order chi connectivity index (χ1) is 14.5. The minimum absolute atomic E-state index is 0.0641. The molecular weight excluding hydrogens is 384 g/mol. The third-order valence-corrected chi connectivity index (χ3v) is 5.02. The summed E-state index contributed by atoms with van der Waals surface area (Å²) in [7, 11) is 1.31. The van der Waals surface area contributed by atoms with Crippen LogP contribution in [0.25, 0.3) is 28.1 Å². The number of aromatic amines is 1. The van der Waals surface area contributed by atoms with E-state index in [4.69, 9.17) is 5.73 Å². The van der Waals surface area contributed by atoms with Crippen LogP contribution in [-0.2, 0) is 14.3 Å². The molecule has 1 aromatic carbocycles. The summed E-state index contributed by atoms with van der Waals surface area (Å²) in [6.07, 6.45) is 4.32. The van der Waals surface area contributed by atoms with Gasteiger partial charge in [-0.05, 0) is 24.1 Å². The van der Waals surface area contributed by atoms with Crippen LogP contribution in [0.1, 0.15) is 25.0 Å². The van der Waals surface area contributed by atoms with Crippen LogP contribution in [0.5, 0.6) is 0 Å². The first-order valence-corrected chi connectivity index (χ1v) is 9.67. The van der Waals surface area contributed by atoms with Crippen molar-refractivity contribution in [2.45, 2.75) is 25.3 Å². The van der Waals surface area contributed by atoms with Gasteiger partial charge in [-0.3, -0.25) is 9.59 Å². The third-order valence-electron chi connectivity index (χ3n) is 5.02. The van der Waals surface area contributed by atoms with E-state index in [9.17, 15) is 9.59 Å². The maximum absolute atomic E-state index is 12.5. The van der Waals surface area contributed by atoms with Gasteiger partial charge in [0.05, 0.1) is 42.5 Å². The van der Waals surface area contributed by atoms with E-state index < -0.39 is 12.0 Å². The highest BCUT2D eigenvalue weighted by atomic mass is 16.5.